The van der Waals surface area contributed by atoms with Crippen molar-refractivity contribution in [2.75, 3.05) is 42.4 Å². The number of nitrogens with one attached hydrogen (secondary N) is 2. The number of thioether (sulfide) groups is 1. The van der Waals surface area contributed by atoms with Gasteiger partial charge in [0.05, 0.1) is 0 Å². The number of hydrogen-bond donors (Lipinski definition) is 2. The van der Waals surface area contributed by atoms with Crippen LogP contribution >= 0.6 is 11.8 Å². The lowest BCUT2D eigenvalue weighted by molar-refractivity contribution is 0.471. The van der Waals surface area contributed by atoms with Crippen molar-refractivity contribution in [1.29, 1.82) is 0 Å². The van der Waals surface area contributed by atoms with Crippen LogP contribution in [0.3, 0.4) is 0 Å². The zero-order valence-electron chi connectivity index (χ0n) is 13.4. The largest absolute Gasteiger partial charge is 0.354 e. The van der Waals surface area contributed by atoms with Gasteiger partial charge < -0.3 is 15.5 Å². The first-order valence-corrected chi connectivity index (χ1v) is 8.87. The fraction of sp³-hybridized carbons (Fsp3) is 0.786. The molecule has 0 amide bonds. The molecule has 1 saturated carbocycles. The minimum atomic E-state index is 0.461. The average molecular weight is 310 g/mol. The van der Waals surface area contributed by atoms with Gasteiger partial charge in [-0.15, -0.1) is 0 Å². The first kappa shape index (κ1) is 16.1. The number of nitrogens with zero attached hydrogens (tertiary/aromatic N) is 4. The lowest BCUT2D eigenvalue weighted by atomic mass is 9.95. The lowest BCUT2D eigenvalue weighted by Crippen LogP contribution is -2.30. The zero-order chi connectivity index (χ0) is 15.2. The Balaban J connectivity index is 2.10. The van der Waals surface area contributed by atoms with Gasteiger partial charge in [0.1, 0.15) is 0 Å². The summed E-state index contributed by atoms with van der Waals surface area (Å²) in [6, 6.07) is 0.461. The molecule has 0 saturated heterocycles. The van der Waals surface area contributed by atoms with E-state index in [9.17, 15) is 0 Å². The molecule has 1 heterocycles. The molecule has 0 aliphatic heterocycles. The van der Waals surface area contributed by atoms with Crippen molar-refractivity contribution in [3.8, 4) is 0 Å². The van der Waals surface area contributed by atoms with Crippen LogP contribution in [0, 0.1) is 0 Å². The van der Waals surface area contributed by atoms with Crippen molar-refractivity contribution in [2.45, 2.75) is 43.9 Å². The van der Waals surface area contributed by atoms with E-state index in [1.807, 2.05) is 37.7 Å². The van der Waals surface area contributed by atoms with E-state index in [1.54, 1.807) is 0 Å². The topological polar surface area (TPSA) is 66.0 Å². The predicted octanol–water partition coefficient (Wildman–Crippen LogP) is 2.46. The highest BCUT2D eigenvalue weighted by Crippen LogP contribution is 2.28. The van der Waals surface area contributed by atoms with E-state index in [0.29, 0.717) is 23.9 Å². The van der Waals surface area contributed by atoms with Gasteiger partial charge in [0, 0.05) is 31.9 Å². The summed E-state index contributed by atoms with van der Waals surface area (Å²) in [7, 11) is 3.89. The van der Waals surface area contributed by atoms with Crippen LogP contribution in [0.1, 0.15) is 32.6 Å². The molecule has 1 aromatic rings. The van der Waals surface area contributed by atoms with Crippen molar-refractivity contribution < 1.29 is 0 Å². The molecule has 1 aromatic heterocycles. The summed E-state index contributed by atoms with van der Waals surface area (Å²) in [5.41, 5.74) is 0. The number of aromatic nitrogens is 3. The molecule has 21 heavy (non-hydrogen) atoms. The molecule has 118 valence electrons. The highest BCUT2D eigenvalue weighted by atomic mass is 32.2. The van der Waals surface area contributed by atoms with Crippen molar-refractivity contribution in [1.82, 2.24) is 15.0 Å². The molecule has 0 aromatic carbocycles. The molecule has 1 aliphatic carbocycles. The maximum atomic E-state index is 4.51. The number of hydrogen-bond acceptors (Lipinski definition) is 7. The molecule has 7 heteroatoms. The van der Waals surface area contributed by atoms with Crippen LogP contribution in [0.4, 0.5) is 17.8 Å². The van der Waals surface area contributed by atoms with Crippen LogP contribution in [-0.2, 0) is 0 Å². The second-order valence-electron chi connectivity index (χ2n) is 5.57. The molecule has 6 nitrogen and oxygen atoms in total. The van der Waals surface area contributed by atoms with Crippen molar-refractivity contribution >= 4 is 29.6 Å². The van der Waals surface area contributed by atoms with Crippen LogP contribution in [0.5, 0.6) is 0 Å². The van der Waals surface area contributed by atoms with Crippen molar-refractivity contribution in [3.63, 3.8) is 0 Å². The summed E-state index contributed by atoms with van der Waals surface area (Å²) in [6.45, 7) is 2.84. The third-order valence-electron chi connectivity index (χ3n) is 3.65. The van der Waals surface area contributed by atoms with Crippen LogP contribution in [0.2, 0.25) is 0 Å². The molecule has 2 atom stereocenters. The summed E-state index contributed by atoms with van der Waals surface area (Å²) >= 11 is 1.97. The molecule has 0 bridgehead atoms. The third kappa shape index (κ3) is 4.62. The standard InChI is InChI=1S/C14H26N6S/c1-5-15-12-17-13(19-14(18-12)20(2)3)16-10-7-6-8-11(9-10)21-4/h10-11H,5-9H2,1-4H3,(H2,15,16,17,18,19). The average Bonchev–Trinajstić information content (AvgIpc) is 2.47. The molecule has 2 N–H and O–H groups in total. The Morgan fingerprint density at radius 2 is 1.95 bits per heavy atom. The van der Waals surface area contributed by atoms with Gasteiger partial charge in [-0.1, -0.05) is 6.42 Å². The predicted molar refractivity (Wildman–Crippen MR) is 91.5 cm³/mol. The van der Waals surface area contributed by atoms with Crippen LogP contribution in [0.25, 0.3) is 0 Å². The molecule has 0 radical (unpaired) electrons. The van der Waals surface area contributed by atoms with Crippen molar-refractivity contribution in [2.24, 2.45) is 0 Å². The minimum Gasteiger partial charge on any atom is -0.354 e. The fourth-order valence-electron chi connectivity index (χ4n) is 2.54. The highest BCUT2D eigenvalue weighted by Gasteiger charge is 2.22. The third-order valence-corrected chi connectivity index (χ3v) is 4.75. The first-order valence-electron chi connectivity index (χ1n) is 7.59. The van der Waals surface area contributed by atoms with Gasteiger partial charge in [0.2, 0.25) is 17.8 Å². The Morgan fingerprint density at radius 1 is 1.19 bits per heavy atom. The SMILES string of the molecule is CCNc1nc(NC2CCCC(SC)C2)nc(N(C)C)n1. The van der Waals surface area contributed by atoms with Gasteiger partial charge in [0.25, 0.3) is 0 Å². The Hall–Kier alpha value is -1.24. The van der Waals surface area contributed by atoms with Crippen LogP contribution in [0.15, 0.2) is 0 Å². The Kier molecular flexibility index (Phi) is 5.90. The fourth-order valence-corrected chi connectivity index (χ4v) is 3.37. The molecular formula is C14H26N6S. The van der Waals surface area contributed by atoms with Gasteiger partial charge in [-0.25, -0.2) is 0 Å². The second-order valence-corrected chi connectivity index (χ2v) is 6.71. The molecule has 0 spiro atoms. The van der Waals surface area contributed by atoms with E-state index in [-0.39, 0.29) is 0 Å². The Bertz CT molecular complexity index is 453. The Labute approximate surface area is 131 Å². The van der Waals surface area contributed by atoms with Gasteiger partial charge >= 0.3 is 0 Å². The van der Waals surface area contributed by atoms with E-state index in [4.69, 9.17) is 0 Å². The maximum Gasteiger partial charge on any atom is 0.231 e. The summed E-state index contributed by atoms with van der Waals surface area (Å²) in [6.07, 6.45) is 7.16. The van der Waals surface area contributed by atoms with E-state index in [1.165, 1.54) is 25.7 Å². The maximum absolute atomic E-state index is 4.51. The quantitative estimate of drug-likeness (QED) is 0.836. The Morgan fingerprint density at radius 3 is 2.62 bits per heavy atom. The molecule has 2 rings (SSSR count). The zero-order valence-corrected chi connectivity index (χ0v) is 14.2. The van der Waals surface area contributed by atoms with Gasteiger partial charge in [-0.2, -0.15) is 26.7 Å². The minimum absolute atomic E-state index is 0.461. The smallest absolute Gasteiger partial charge is 0.231 e. The van der Waals surface area contributed by atoms with E-state index in [0.717, 1.165) is 11.8 Å². The summed E-state index contributed by atoms with van der Waals surface area (Å²) in [4.78, 5) is 15.3. The van der Waals surface area contributed by atoms with E-state index < -0.39 is 0 Å². The van der Waals surface area contributed by atoms with Gasteiger partial charge in [0.15, 0.2) is 0 Å². The molecule has 1 fully saturated rings. The van der Waals surface area contributed by atoms with Gasteiger partial charge in [-0.3, -0.25) is 0 Å². The summed E-state index contributed by atoms with van der Waals surface area (Å²) in [5.74, 6) is 1.99. The second kappa shape index (κ2) is 7.68. The first-order chi connectivity index (χ1) is 10.1. The monoisotopic (exact) mass is 310 g/mol. The van der Waals surface area contributed by atoms with E-state index in [2.05, 4.69) is 31.8 Å². The van der Waals surface area contributed by atoms with Gasteiger partial charge in [-0.05, 0) is 32.4 Å². The lowest BCUT2D eigenvalue weighted by Gasteiger charge is -2.28. The molecule has 2 unspecified atom stereocenters. The molecule has 1 aliphatic rings. The summed E-state index contributed by atoms with van der Waals surface area (Å²) in [5, 5.41) is 7.41. The number of anilines is 3. The van der Waals surface area contributed by atoms with Crippen molar-refractivity contribution in [3.05, 3.63) is 0 Å². The normalized spacial score (nSPS) is 21.9. The number of rotatable bonds is 6. The van der Waals surface area contributed by atoms with E-state index >= 15 is 0 Å². The highest BCUT2D eigenvalue weighted by molar-refractivity contribution is 7.99. The molecular weight excluding hydrogens is 284 g/mol. The van der Waals surface area contributed by atoms with Crippen LogP contribution < -0.4 is 15.5 Å². The van der Waals surface area contributed by atoms with Crippen LogP contribution in [-0.4, -0.2) is 53.1 Å². The summed E-state index contributed by atoms with van der Waals surface area (Å²) < 4.78 is 0.